The largest absolute Gasteiger partial charge is 0.456 e. The third kappa shape index (κ3) is 5.49. The molecule has 0 N–H and O–H groups in total. The number of carbonyl (C=O) groups is 2. The average molecular weight is 390 g/mol. The van der Waals surface area contributed by atoms with Crippen LogP contribution in [0.2, 0.25) is 0 Å². The van der Waals surface area contributed by atoms with Crippen molar-refractivity contribution < 1.29 is 18.8 Å². The van der Waals surface area contributed by atoms with E-state index in [0.717, 1.165) is 5.56 Å². The summed E-state index contributed by atoms with van der Waals surface area (Å²) in [6, 6.07) is 20.0. The fourth-order valence-electron chi connectivity index (χ4n) is 2.56. The predicted octanol–water partition coefficient (Wildman–Crippen LogP) is 2.77. The van der Waals surface area contributed by atoms with Gasteiger partial charge in [0.15, 0.2) is 6.61 Å². The number of aryl methyl sites for hydroxylation is 1. The van der Waals surface area contributed by atoms with Gasteiger partial charge in [-0.2, -0.15) is 10.2 Å². The number of ether oxygens (including phenoxy) is 1. The van der Waals surface area contributed by atoms with Crippen molar-refractivity contribution in [1.29, 1.82) is 5.26 Å². The smallest absolute Gasteiger partial charge is 0.306 e. The van der Waals surface area contributed by atoms with E-state index in [-0.39, 0.29) is 19.4 Å². The molecule has 1 heterocycles. The van der Waals surface area contributed by atoms with Gasteiger partial charge in [0.1, 0.15) is 6.54 Å². The topological polar surface area (TPSA) is 109 Å². The lowest BCUT2D eigenvalue weighted by atomic mass is 10.2. The second-order valence-corrected chi connectivity index (χ2v) is 6.01. The summed E-state index contributed by atoms with van der Waals surface area (Å²) in [6.45, 7) is -0.584. The minimum absolute atomic E-state index is 0.00666. The molecule has 29 heavy (non-hydrogen) atoms. The zero-order valence-electron chi connectivity index (χ0n) is 15.5. The quantitative estimate of drug-likeness (QED) is 0.430. The minimum Gasteiger partial charge on any atom is -0.456 e. The molecule has 0 atom stereocenters. The number of hydrogen-bond donors (Lipinski definition) is 0. The van der Waals surface area contributed by atoms with Crippen molar-refractivity contribution in [1.82, 2.24) is 10.1 Å². The molecular formula is C21H18N4O4. The molecule has 146 valence electrons. The Labute approximate surface area is 167 Å². The molecule has 0 aliphatic carbocycles. The van der Waals surface area contributed by atoms with Crippen LogP contribution in [0.1, 0.15) is 12.3 Å². The van der Waals surface area contributed by atoms with Gasteiger partial charge in [0.2, 0.25) is 11.7 Å². The Bertz CT molecular complexity index is 996. The van der Waals surface area contributed by atoms with Crippen LogP contribution in [-0.4, -0.2) is 35.2 Å². The van der Waals surface area contributed by atoms with Crippen molar-refractivity contribution in [2.75, 3.05) is 18.1 Å². The molecule has 0 aliphatic heterocycles. The first kappa shape index (κ1) is 19.8. The molecule has 0 fully saturated rings. The summed E-state index contributed by atoms with van der Waals surface area (Å²) in [7, 11) is 0. The zero-order chi connectivity index (χ0) is 20.5. The van der Waals surface area contributed by atoms with Gasteiger partial charge in [0, 0.05) is 17.7 Å². The standard InChI is InChI=1S/C21H18N4O4/c22-13-14-25(17-9-5-2-6-10-17)19(26)15-28-20(27)12-11-18-23-21(24-29-18)16-7-3-1-4-8-16/h1-10H,11-12,14-15H2. The number of esters is 1. The van der Waals surface area contributed by atoms with Gasteiger partial charge in [0.25, 0.3) is 5.91 Å². The van der Waals surface area contributed by atoms with E-state index in [2.05, 4.69) is 10.1 Å². The zero-order valence-corrected chi connectivity index (χ0v) is 15.5. The third-order valence-electron chi connectivity index (χ3n) is 4.00. The van der Waals surface area contributed by atoms with E-state index in [4.69, 9.17) is 14.5 Å². The summed E-state index contributed by atoms with van der Waals surface area (Å²) in [5.74, 6) is -0.292. The molecule has 0 aliphatic rings. The van der Waals surface area contributed by atoms with E-state index in [1.807, 2.05) is 36.4 Å². The molecule has 3 rings (SSSR count). The van der Waals surface area contributed by atoms with Crippen LogP contribution in [0.25, 0.3) is 11.4 Å². The molecule has 0 bridgehead atoms. The second kappa shape index (κ2) is 9.80. The van der Waals surface area contributed by atoms with Crippen LogP contribution in [0.4, 0.5) is 5.69 Å². The fraction of sp³-hybridized carbons (Fsp3) is 0.190. The van der Waals surface area contributed by atoms with Gasteiger partial charge in [-0.05, 0) is 12.1 Å². The molecule has 8 heteroatoms. The molecule has 0 saturated carbocycles. The lowest BCUT2D eigenvalue weighted by Crippen LogP contribution is -2.35. The number of para-hydroxylation sites is 1. The first-order valence-electron chi connectivity index (χ1n) is 8.93. The maximum absolute atomic E-state index is 12.3. The molecule has 8 nitrogen and oxygen atoms in total. The number of amides is 1. The van der Waals surface area contributed by atoms with Gasteiger partial charge >= 0.3 is 5.97 Å². The van der Waals surface area contributed by atoms with E-state index >= 15 is 0 Å². The Kier molecular flexibility index (Phi) is 6.68. The van der Waals surface area contributed by atoms with Crippen LogP contribution >= 0.6 is 0 Å². The number of aromatic nitrogens is 2. The van der Waals surface area contributed by atoms with Crippen LogP contribution in [0.3, 0.4) is 0 Å². The third-order valence-corrected chi connectivity index (χ3v) is 4.00. The van der Waals surface area contributed by atoms with E-state index in [1.165, 1.54) is 4.90 Å². The minimum atomic E-state index is -0.567. The summed E-state index contributed by atoms with van der Waals surface area (Å²) in [5.41, 5.74) is 1.38. The molecule has 1 aromatic heterocycles. The highest BCUT2D eigenvalue weighted by atomic mass is 16.5. The highest BCUT2D eigenvalue weighted by Gasteiger charge is 2.18. The van der Waals surface area contributed by atoms with Gasteiger partial charge in [-0.1, -0.05) is 53.7 Å². The monoisotopic (exact) mass is 390 g/mol. The van der Waals surface area contributed by atoms with Crippen LogP contribution < -0.4 is 4.90 Å². The fourth-order valence-corrected chi connectivity index (χ4v) is 2.56. The summed E-state index contributed by atoms with van der Waals surface area (Å²) >= 11 is 0. The molecule has 0 radical (unpaired) electrons. The van der Waals surface area contributed by atoms with E-state index < -0.39 is 18.5 Å². The molecule has 0 spiro atoms. The van der Waals surface area contributed by atoms with Crippen LogP contribution in [-0.2, 0) is 20.7 Å². The number of carbonyl (C=O) groups excluding carboxylic acids is 2. The second-order valence-electron chi connectivity index (χ2n) is 6.01. The summed E-state index contributed by atoms with van der Waals surface area (Å²) in [6.07, 6.45) is 0.195. The lowest BCUT2D eigenvalue weighted by Gasteiger charge is -2.19. The van der Waals surface area contributed by atoms with Gasteiger partial charge in [-0.25, -0.2) is 0 Å². The summed E-state index contributed by atoms with van der Waals surface area (Å²) < 4.78 is 10.2. The van der Waals surface area contributed by atoms with Crippen molar-refractivity contribution in [2.45, 2.75) is 12.8 Å². The summed E-state index contributed by atoms with van der Waals surface area (Å²) in [5, 5.41) is 12.8. The van der Waals surface area contributed by atoms with Gasteiger partial charge in [0.05, 0.1) is 12.5 Å². The van der Waals surface area contributed by atoms with E-state index in [0.29, 0.717) is 17.4 Å². The van der Waals surface area contributed by atoms with Crippen molar-refractivity contribution in [3.63, 3.8) is 0 Å². The number of benzene rings is 2. The molecule has 0 unspecified atom stereocenters. The number of nitriles is 1. The molecule has 0 saturated heterocycles. The number of anilines is 1. The first-order valence-corrected chi connectivity index (χ1v) is 8.93. The number of nitrogens with zero attached hydrogens (tertiary/aromatic N) is 4. The van der Waals surface area contributed by atoms with Crippen molar-refractivity contribution >= 4 is 17.6 Å². The normalized spacial score (nSPS) is 10.2. The number of hydrogen-bond acceptors (Lipinski definition) is 7. The first-order chi connectivity index (χ1) is 14.2. The number of rotatable bonds is 8. The van der Waals surface area contributed by atoms with Gasteiger partial charge in [-0.15, -0.1) is 0 Å². The highest BCUT2D eigenvalue weighted by molar-refractivity contribution is 5.95. The Hall–Kier alpha value is -3.99. The molecule has 2 aromatic carbocycles. The highest BCUT2D eigenvalue weighted by Crippen LogP contribution is 2.16. The summed E-state index contributed by atoms with van der Waals surface area (Å²) in [4.78, 5) is 29.8. The van der Waals surface area contributed by atoms with Crippen LogP contribution in [0, 0.1) is 11.3 Å². The van der Waals surface area contributed by atoms with Crippen molar-refractivity contribution in [3.05, 3.63) is 66.6 Å². The average Bonchev–Trinajstić information content (AvgIpc) is 3.25. The maximum atomic E-state index is 12.3. The van der Waals surface area contributed by atoms with Gasteiger partial charge in [-0.3, -0.25) is 14.5 Å². The Morgan fingerprint density at radius 1 is 1.07 bits per heavy atom. The molecule has 1 amide bonds. The Balaban J connectivity index is 1.49. The van der Waals surface area contributed by atoms with E-state index in [9.17, 15) is 9.59 Å². The Morgan fingerprint density at radius 2 is 1.76 bits per heavy atom. The van der Waals surface area contributed by atoms with Crippen molar-refractivity contribution in [2.24, 2.45) is 0 Å². The van der Waals surface area contributed by atoms with Crippen molar-refractivity contribution in [3.8, 4) is 17.5 Å². The van der Waals surface area contributed by atoms with Crippen LogP contribution in [0.15, 0.2) is 65.2 Å². The van der Waals surface area contributed by atoms with E-state index in [1.54, 1.807) is 30.3 Å². The Morgan fingerprint density at radius 3 is 2.45 bits per heavy atom. The lowest BCUT2D eigenvalue weighted by molar-refractivity contribution is -0.147. The predicted molar refractivity (Wildman–Crippen MR) is 103 cm³/mol. The molecular weight excluding hydrogens is 372 g/mol. The molecule has 3 aromatic rings. The van der Waals surface area contributed by atoms with Gasteiger partial charge < -0.3 is 9.26 Å². The maximum Gasteiger partial charge on any atom is 0.306 e. The van der Waals surface area contributed by atoms with Crippen LogP contribution in [0.5, 0.6) is 0 Å². The SMILES string of the molecule is N#CCN(C(=O)COC(=O)CCc1nc(-c2ccccc2)no1)c1ccccc1.